The van der Waals surface area contributed by atoms with Gasteiger partial charge in [0.1, 0.15) is 11.1 Å². The summed E-state index contributed by atoms with van der Waals surface area (Å²) in [6.07, 6.45) is -1.57. The molecule has 0 spiro atoms. The van der Waals surface area contributed by atoms with Crippen LogP contribution in [0.5, 0.6) is 0 Å². The fraction of sp³-hybridized carbons (Fsp3) is 0.591. The Hall–Kier alpha value is -1.85. The van der Waals surface area contributed by atoms with Crippen molar-refractivity contribution in [2.45, 2.75) is 36.6 Å². The Morgan fingerprint density at radius 3 is 2.84 bits per heavy atom. The Morgan fingerprint density at radius 2 is 2.12 bits per heavy atom. The number of fused-ring (bicyclic) bond motifs is 1. The Morgan fingerprint density at radius 1 is 1.31 bits per heavy atom. The monoisotopic (exact) mass is 466 g/mol. The lowest BCUT2D eigenvalue weighted by atomic mass is 10.1. The lowest BCUT2D eigenvalue weighted by molar-refractivity contribution is -0.0117. The minimum absolute atomic E-state index is 0.0488. The van der Waals surface area contributed by atoms with E-state index >= 15 is 0 Å². The summed E-state index contributed by atoms with van der Waals surface area (Å²) < 4.78 is 53.4. The summed E-state index contributed by atoms with van der Waals surface area (Å²) in [5.41, 5.74) is 1.90. The van der Waals surface area contributed by atoms with Crippen molar-refractivity contribution in [2.24, 2.45) is 0 Å². The minimum atomic E-state index is -3.91. The summed E-state index contributed by atoms with van der Waals surface area (Å²) in [5, 5.41) is 4.13. The second-order valence-electron chi connectivity index (χ2n) is 8.54. The molecule has 32 heavy (non-hydrogen) atoms. The molecule has 0 bridgehead atoms. The number of pyridine rings is 1. The van der Waals surface area contributed by atoms with E-state index in [0.29, 0.717) is 36.2 Å². The van der Waals surface area contributed by atoms with Crippen molar-refractivity contribution in [3.63, 3.8) is 0 Å². The van der Waals surface area contributed by atoms with Crippen molar-refractivity contribution in [3.8, 4) is 0 Å². The van der Waals surface area contributed by atoms with Crippen LogP contribution < -0.4 is 5.32 Å². The number of sulfonamides is 1. The molecule has 3 atom stereocenters. The molecule has 176 valence electrons. The van der Waals surface area contributed by atoms with Crippen molar-refractivity contribution in [1.29, 1.82) is 0 Å². The number of hydrogen-bond donors (Lipinski definition) is 1. The summed E-state index contributed by atoms with van der Waals surface area (Å²) >= 11 is 0. The van der Waals surface area contributed by atoms with Gasteiger partial charge in [-0.3, -0.25) is 4.98 Å². The SMILES string of the molecule is CO[C@@H]1CCN(S(=O)(=O)c2cccc3c(NCC4CN(C)CCO4)cc(C)nc23)C[C@@H]1F. The predicted molar refractivity (Wildman–Crippen MR) is 121 cm³/mol. The molecule has 3 heterocycles. The number of morpholine rings is 1. The molecule has 2 saturated heterocycles. The number of methoxy groups -OCH3 is 1. The van der Waals surface area contributed by atoms with Crippen molar-refractivity contribution in [1.82, 2.24) is 14.2 Å². The van der Waals surface area contributed by atoms with Gasteiger partial charge in [0.15, 0.2) is 0 Å². The first-order valence-electron chi connectivity index (χ1n) is 10.9. The van der Waals surface area contributed by atoms with Gasteiger partial charge < -0.3 is 19.7 Å². The Kier molecular flexibility index (Phi) is 6.97. The lowest BCUT2D eigenvalue weighted by Crippen LogP contribution is -2.47. The fourth-order valence-corrected chi connectivity index (χ4v) is 6.01. The molecule has 4 rings (SSSR count). The van der Waals surface area contributed by atoms with E-state index in [2.05, 4.69) is 22.2 Å². The molecule has 0 saturated carbocycles. The van der Waals surface area contributed by atoms with E-state index in [0.717, 1.165) is 18.8 Å². The highest BCUT2D eigenvalue weighted by Gasteiger charge is 2.36. The number of rotatable bonds is 6. The zero-order chi connectivity index (χ0) is 22.9. The minimum Gasteiger partial charge on any atom is -0.382 e. The van der Waals surface area contributed by atoms with Crippen LogP contribution in [0.15, 0.2) is 29.2 Å². The molecule has 2 aromatic rings. The van der Waals surface area contributed by atoms with Crippen LogP contribution in [0.25, 0.3) is 10.9 Å². The summed E-state index contributed by atoms with van der Waals surface area (Å²) in [6, 6.07) is 7.01. The second kappa shape index (κ2) is 9.56. The third-order valence-corrected chi connectivity index (χ3v) is 8.05. The first-order valence-corrected chi connectivity index (χ1v) is 12.3. The van der Waals surface area contributed by atoms with Gasteiger partial charge in [-0.1, -0.05) is 12.1 Å². The number of likely N-dealkylation sites (N-methyl/N-ethyl adjacent to an activating group) is 1. The molecular formula is C22H31FN4O4S. The molecule has 8 nitrogen and oxygen atoms in total. The van der Waals surface area contributed by atoms with E-state index in [4.69, 9.17) is 9.47 Å². The van der Waals surface area contributed by atoms with Crippen LogP contribution in [-0.4, -0.2) is 94.5 Å². The lowest BCUT2D eigenvalue weighted by Gasteiger charge is -2.33. The highest BCUT2D eigenvalue weighted by Crippen LogP contribution is 2.31. The maximum Gasteiger partial charge on any atom is 0.245 e. The second-order valence-corrected chi connectivity index (χ2v) is 10.4. The molecule has 1 N–H and O–H groups in total. The van der Waals surface area contributed by atoms with Gasteiger partial charge in [0.2, 0.25) is 10.0 Å². The summed E-state index contributed by atoms with van der Waals surface area (Å²) in [5.74, 6) is 0. The summed E-state index contributed by atoms with van der Waals surface area (Å²) in [4.78, 5) is 6.87. The van der Waals surface area contributed by atoms with Crippen LogP contribution in [0.4, 0.5) is 10.1 Å². The van der Waals surface area contributed by atoms with Gasteiger partial charge in [-0.05, 0) is 32.5 Å². The average molecular weight is 467 g/mol. The van der Waals surface area contributed by atoms with Crippen LogP contribution in [0.1, 0.15) is 12.1 Å². The maximum atomic E-state index is 14.4. The predicted octanol–water partition coefficient (Wildman–Crippen LogP) is 2.03. The molecule has 2 aliphatic rings. The number of para-hydroxylation sites is 1. The largest absolute Gasteiger partial charge is 0.382 e. The van der Waals surface area contributed by atoms with Crippen molar-refractivity contribution in [2.75, 3.05) is 58.8 Å². The van der Waals surface area contributed by atoms with Crippen LogP contribution in [0, 0.1) is 6.92 Å². The number of piperidine rings is 1. The van der Waals surface area contributed by atoms with Gasteiger partial charge >= 0.3 is 0 Å². The van der Waals surface area contributed by atoms with Crippen LogP contribution in [0.2, 0.25) is 0 Å². The Balaban J connectivity index is 1.63. The molecule has 10 heteroatoms. The molecule has 0 aliphatic carbocycles. The van der Waals surface area contributed by atoms with E-state index < -0.39 is 22.3 Å². The van der Waals surface area contributed by atoms with Crippen LogP contribution in [-0.2, 0) is 19.5 Å². The Labute approximate surface area is 188 Å². The number of alkyl halides is 1. The number of aromatic nitrogens is 1. The number of nitrogens with one attached hydrogen (secondary N) is 1. The smallest absolute Gasteiger partial charge is 0.245 e. The quantitative estimate of drug-likeness (QED) is 0.697. The summed E-state index contributed by atoms with van der Waals surface area (Å²) in [6.45, 7) is 4.86. The topological polar surface area (TPSA) is 84.0 Å². The van der Waals surface area contributed by atoms with E-state index in [9.17, 15) is 12.8 Å². The number of aryl methyl sites for hydroxylation is 1. The standard InChI is InChI=1S/C22H31FN4O4S/c1-15-11-19(24-12-16-13-26(2)9-10-31-16)17-5-4-6-21(22(17)25-15)32(28,29)27-8-7-20(30-3)18(23)14-27/h4-6,11,16,18,20H,7-10,12-14H2,1-3H3,(H,24,25)/t16?,18-,20+/m0/s1. The van der Waals surface area contributed by atoms with Gasteiger partial charge in [0, 0.05) is 56.6 Å². The number of ether oxygens (including phenoxy) is 2. The zero-order valence-corrected chi connectivity index (χ0v) is 19.6. The van der Waals surface area contributed by atoms with Crippen molar-refractivity contribution in [3.05, 3.63) is 30.0 Å². The number of hydrogen-bond acceptors (Lipinski definition) is 7. The molecular weight excluding hydrogens is 435 g/mol. The number of nitrogens with zero attached hydrogens (tertiary/aromatic N) is 3. The average Bonchev–Trinajstić information content (AvgIpc) is 2.77. The summed E-state index contributed by atoms with van der Waals surface area (Å²) in [7, 11) is -0.400. The van der Waals surface area contributed by atoms with Crippen molar-refractivity contribution >= 4 is 26.6 Å². The molecule has 2 fully saturated rings. The third-order valence-electron chi connectivity index (χ3n) is 6.16. The van der Waals surface area contributed by atoms with E-state index in [1.807, 2.05) is 19.1 Å². The fourth-order valence-electron chi connectivity index (χ4n) is 4.40. The van der Waals surface area contributed by atoms with Crippen LogP contribution in [0.3, 0.4) is 0 Å². The molecule has 1 unspecified atom stereocenters. The third kappa shape index (κ3) is 4.74. The Bertz CT molecular complexity index is 1070. The normalized spacial score (nSPS) is 25.8. The zero-order valence-electron chi connectivity index (χ0n) is 18.8. The van der Waals surface area contributed by atoms with Gasteiger partial charge in [-0.15, -0.1) is 0 Å². The van der Waals surface area contributed by atoms with Gasteiger partial charge in [0.25, 0.3) is 0 Å². The number of halogens is 1. The van der Waals surface area contributed by atoms with Gasteiger partial charge in [-0.2, -0.15) is 4.31 Å². The van der Waals surface area contributed by atoms with E-state index in [-0.39, 0.29) is 24.1 Å². The maximum absolute atomic E-state index is 14.4. The highest BCUT2D eigenvalue weighted by atomic mass is 32.2. The first kappa shape index (κ1) is 23.3. The molecule has 1 aromatic heterocycles. The van der Waals surface area contributed by atoms with Crippen molar-refractivity contribution < 1.29 is 22.3 Å². The van der Waals surface area contributed by atoms with E-state index in [1.54, 1.807) is 12.1 Å². The molecule has 0 amide bonds. The number of benzene rings is 1. The first-order chi connectivity index (χ1) is 15.3. The molecule has 2 aliphatic heterocycles. The molecule has 1 aromatic carbocycles. The van der Waals surface area contributed by atoms with Gasteiger partial charge in [0.05, 0.1) is 24.3 Å². The van der Waals surface area contributed by atoms with Crippen LogP contribution >= 0.6 is 0 Å². The molecule has 0 radical (unpaired) electrons. The van der Waals surface area contributed by atoms with E-state index in [1.165, 1.54) is 11.4 Å². The number of anilines is 1. The highest BCUT2D eigenvalue weighted by molar-refractivity contribution is 7.89. The van der Waals surface area contributed by atoms with Gasteiger partial charge in [-0.25, -0.2) is 12.8 Å².